The molecule has 1 aliphatic rings. The molecule has 0 amide bonds. The van der Waals surface area contributed by atoms with Crippen LogP contribution in [0.1, 0.15) is 23.6 Å². The average Bonchev–Trinajstić information content (AvgIpc) is 2.58. The van der Waals surface area contributed by atoms with E-state index in [1.54, 1.807) is 0 Å². The van der Waals surface area contributed by atoms with Gasteiger partial charge in [-0.05, 0) is 24.0 Å². The van der Waals surface area contributed by atoms with E-state index < -0.39 is 0 Å². The van der Waals surface area contributed by atoms with Crippen LogP contribution in [0.2, 0.25) is 0 Å². The van der Waals surface area contributed by atoms with E-state index in [4.69, 9.17) is 6.42 Å². The monoisotopic (exact) mass is 189 g/mol. The van der Waals surface area contributed by atoms with Gasteiger partial charge in [0.1, 0.15) is 0 Å². The van der Waals surface area contributed by atoms with Crippen LogP contribution in [0.25, 0.3) is 0 Å². The Labute approximate surface area is 84.6 Å². The van der Waals surface area contributed by atoms with Gasteiger partial charge in [0.2, 0.25) is 0 Å². The molecule has 1 atom stereocenters. The van der Waals surface area contributed by atoms with Crippen LogP contribution in [0, 0.1) is 12.3 Å². The van der Waals surface area contributed by atoms with Gasteiger partial charge in [0.05, 0.1) is 6.54 Å². The molecular formula is C12H15NO. The number of fused-ring (bicyclic) bond motifs is 1. The van der Waals surface area contributed by atoms with Crippen LogP contribution in [0.3, 0.4) is 0 Å². The SMILES string of the molecule is C#CCN[C@@H]1CCc2ccccc21.O. The molecule has 2 nitrogen and oxygen atoms in total. The summed E-state index contributed by atoms with van der Waals surface area (Å²) >= 11 is 0. The van der Waals surface area contributed by atoms with Crippen LogP contribution in [0.4, 0.5) is 0 Å². The summed E-state index contributed by atoms with van der Waals surface area (Å²) in [6.45, 7) is 0.666. The minimum atomic E-state index is 0. The fraction of sp³-hybridized carbons (Fsp3) is 0.333. The van der Waals surface area contributed by atoms with Crippen LogP contribution >= 0.6 is 0 Å². The van der Waals surface area contributed by atoms with Gasteiger partial charge in [-0.3, -0.25) is 5.32 Å². The molecule has 0 bridgehead atoms. The molecule has 0 aliphatic heterocycles. The zero-order valence-corrected chi connectivity index (χ0v) is 8.09. The number of terminal acetylenes is 1. The number of benzene rings is 1. The number of hydrogen-bond acceptors (Lipinski definition) is 1. The molecule has 0 aromatic heterocycles. The lowest BCUT2D eigenvalue weighted by molar-refractivity contribution is 0.568. The maximum Gasteiger partial charge on any atom is 0.0578 e. The van der Waals surface area contributed by atoms with Gasteiger partial charge in [0.25, 0.3) is 0 Å². The van der Waals surface area contributed by atoms with Crippen molar-refractivity contribution in [3.63, 3.8) is 0 Å². The summed E-state index contributed by atoms with van der Waals surface area (Å²) in [6, 6.07) is 9.06. The predicted octanol–water partition coefficient (Wildman–Crippen LogP) is 1.07. The van der Waals surface area contributed by atoms with E-state index >= 15 is 0 Å². The summed E-state index contributed by atoms with van der Waals surface area (Å²) in [5.41, 5.74) is 2.90. The summed E-state index contributed by atoms with van der Waals surface area (Å²) < 4.78 is 0. The molecule has 3 N–H and O–H groups in total. The summed E-state index contributed by atoms with van der Waals surface area (Å²) in [6.07, 6.45) is 7.57. The van der Waals surface area contributed by atoms with Crippen LogP contribution < -0.4 is 5.32 Å². The highest BCUT2D eigenvalue weighted by atomic mass is 16.0. The second-order valence-corrected chi connectivity index (χ2v) is 3.38. The van der Waals surface area contributed by atoms with Crippen molar-refractivity contribution in [2.75, 3.05) is 6.54 Å². The molecule has 2 rings (SSSR count). The first kappa shape index (κ1) is 10.8. The second kappa shape index (κ2) is 4.80. The van der Waals surface area contributed by atoms with E-state index in [1.165, 1.54) is 24.0 Å². The normalized spacial score (nSPS) is 18.1. The molecule has 74 valence electrons. The third kappa shape index (κ3) is 1.95. The minimum Gasteiger partial charge on any atom is -0.412 e. The Kier molecular flexibility index (Phi) is 3.70. The molecule has 0 saturated heterocycles. The predicted molar refractivity (Wildman–Crippen MR) is 58.0 cm³/mol. The van der Waals surface area contributed by atoms with E-state index in [2.05, 4.69) is 35.5 Å². The fourth-order valence-electron chi connectivity index (χ4n) is 1.95. The number of aryl methyl sites for hydroxylation is 1. The summed E-state index contributed by atoms with van der Waals surface area (Å²) in [5, 5.41) is 3.35. The Morgan fingerprint density at radius 3 is 3.00 bits per heavy atom. The third-order valence-corrected chi connectivity index (χ3v) is 2.58. The molecule has 14 heavy (non-hydrogen) atoms. The van der Waals surface area contributed by atoms with Gasteiger partial charge in [-0.2, -0.15) is 0 Å². The molecule has 1 aromatic rings. The quantitative estimate of drug-likeness (QED) is 0.695. The summed E-state index contributed by atoms with van der Waals surface area (Å²) in [7, 11) is 0. The Bertz CT molecular complexity index is 340. The largest absolute Gasteiger partial charge is 0.412 e. The minimum absolute atomic E-state index is 0. The smallest absolute Gasteiger partial charge is 0.0578 e. The van der Waals surface area contributed by atoms with Gasteiger partial charge >= 0.3 is 0 Å². The molecule has 0 unspecified atom stereocenters. The van der Waals surface area contributed by atoms with E-state index in [1.807, 2.05) is 0 Å². The first-order chi connectivity index (χ1) is 6.42. The molecule has 0 spiro atoms. The number of nitrogens with one attached hydrogen (secondary N) is 1. The lowest BCUT2D eigenvalue weighted by atomic mass is 10.1. The van der Waals surface area contributed by atoms with Crippen molar-refractivity contribution < 1.29 is 5.48 Å². The molecule has 0 heterocycles. The van der Waals surface area contributed by atoms with Crippen molar-refractivity contribution in [3.8, 4) is 12.3 Å². The zero-order valence-electron chi connectivity index (χ0n) is 8.09. The van der Waals surface area contributed by atoms with Crippen molar-refractivity contribution in [1.82, 2.24) is 5.32 Å². The van der Waals surface area contributed by atoms with Crippen molar-refractivity contribution in [1.29, 1.82) is 0 Å². The van der Waals surface area contributed by atoms with Crippen LogP contribution in [-0.4, -0.2) is 12.0 Å². The highest BCUT2D eigenvalue weighted by Crippen LogP contribution is 2.30. The van der Waals surface area contributed by atoms with Crippen molar-refractivity contribution in [2.24, 2.45) is 0 Å². The van der Waals surface area contributed by atoms with Gasteiger partial charge in [0.15, 0.2) is 0 Å². The highest BCUT2D eigenvalue weighted by Gasteiger charge is 2.20. The molecule has 0 radical (unpaired) electrons. The zero-order chi connectivity index (χ0) is 9.10. The maximum absolute atomic E-state index is 5.21. The van der Waals surface area contributed by atoms with Crippen molar-refractivity contribution >= 4 is 0 Å². The van der Waals surface area contributed by atoms with Crippen LogP contribution in [-0.2, 0) is 6.42 Å². The molecule has 0 saturated carbocycles. The first-order valence-electron chi connectivity index (χ1n) is 4.66. The Morgan fingerprint density at radius 2 is 2.21 bits per heavy atom. The number of rotatable bonds is 2. The van der Waals surface area contributed by atoms with E-state index in [-0.39, 0.29) is 5.48 Å². The molecule has 0 fully saturated rings. The van der Waals surface area contributed by atoms with Gasteiger partial charge in [-0.25, -0.2) is 0 Å². The Balaban J connectivity index is 0.000000980. The Morgan fingerprint density at radius 1 is 1.43 bits per heavy atom. The Hall–Kier alpha value is -1.30. The van der Waals surface area contributed by atoms with Crippen molar-refractivity contribution in [2.45, 2.75) is 18.9 Å². The van der Waals surface area contributed by atoms with E-state index in [0.29, 0.717) is 12.6 Å². The van der Waals surface area contributed by atoms with Gasteiger partial charge < -0.3 is 5.48 Å². The molecule has 1 aromatic carbocycles. The molecule has 2 heteroatoms. The topological polar surface area (TPSA) is 43.5 Å². The number of hydrogen-bond donors (Lipinski definition) is 1. The molecular weight excluding hydrogens is 174 g/mol. The summed E-state index contributed by atoms with van der Waals surface area (Å²) in [4.78, 5) is 0. The lowest BCUT2D eigenvalue weighted by Gasteiger charge is -2.10. The van der Waals surface area contributed by atoms with Crippen molar-refractivity contribution in [3.05, 3.63) is 35.4 Å². The van der Waals surface area contributed by atoms with E-state index in [9.17, 15) is 0 Å². The molecule has 1 aliphatic carbocycles. The van der Waals surface area contributed by atoms with Gasteiger partial charge in [-0.1, -0.05) is 30.2 Å². The fourth-order valence-corrected chi connectivity index (χ4v) is 1.95. The standard InChI is InChI=1S/C12H13N.H2O/c1-2-9-13-12-8-7-10-5-3-4-6-11(10)12;/h1,3-6,12-13H,7-9H2;1H2/t12-;/m1./s1. The lowest BCUT2D eigenvalue weighted by Crippen LogP contribution is -2.19. The third-order valence-electron chi connectivity index (χ3n) is 2.58. The van der Waals surface area contributed by atoms with Crippen LogP contribution in [0.15, 0.2) is 24.3 Å². The van der Waals surface area contributed by atoms with Crippen LogP contribution in [0.5, 0.6) is 0 Å². The average molecular weight is 189 g/mol. The van der Waals surface area contributed by atoms with Gasteiger partial charge in [0, 0.05) is 6.04 Å². The summed E-state index contributed by atoms with van der Waals surface area (Å²) in [5.74, 6) is 2.61. The second-order valence-electron chi connectivity index (χ2n) is 3.38. The van der Waals surface area contributed by atoms with E-state index in [0.717, 1.165) is 0 Å². The first-order valence-corrected chi connectivity index (χ1v) is 4.66. The van der Waals surface area contributed by atoms with Gasteiger partial charge in [-0.15, -0.1) is 6.42 Å². The maximum atomic E-state index is 5.21. The highest BCUT2D eigenvalue weighted by molar-refractivity contribution is 5.34.